The molecule has 0 amide bonds. The number of ether oxygens (including phenoxy) is 2. The lowest BCUT2D eigenvalue weighted by molar-refractivity contribution is 0.0382. The first kappa shape index (κ1) is 14.0. The highest BCUT2D eigenvalue weighted by Gasteiger charge is 2.17. The Morgan fingerprint density at radius 1 is 1.33 bits per heavy atom. The fraction of sp³-hybridized carbons (Fsp3) is 0.500. The Hall–Kier alpha value is -1.99. The Labute approximate surface area is 122 Å². The van der Waals surface area contributed by atoms with Crippen LogP contribution in [0.4, 0.5) is 0 Å². The third-order valence-electron chi connectivity index (χ3n) is 3.65. The molecule has 0 aromatic carbocycles. The molecule has 0 saturated carbocycles. The molecule has 0 spiro atoms. The first-order chi connectivity index (χ1) is 10.3. The van der Waals surface area contributed by atoms with Crippen LogP contribution in [0, 0.1) is 0 Å². The summed E-state index contributed by atoms with van der Waals surface area (Å²) in [7, 11) is 1.37. The topological polar surface area (TPSA) is 69.0 Å². The van der Waals surface area contributed by atoms with Crippen LogP contribution in [0.2, 0.25) is 0 Å². The number of rotatable bonds is 4. The molecule has 0 aliphatic carbocycles. The lowest BCUT2D eigenvalue weighted by atomic mass is 10.3. The van der Waals surface area contributed by atoms with Crippen molar-refractivity contribution in [3.8, 4) is 0 Å². The number of morpholine rings is 1. The molecule has 1 fully saturated rings. The van der Waals surface area contributed by atoms with Crippen LogP contribution in [-0.2, 0) is 15.9 Å². The molecule has 7 nitrogen and oxygen atoms in total. The van der Waals surface area contributed by atoms with Crippen molar-refractivity contribution in [2.75, 3.05) is 40.0 Å². The fourth-order valence-corrected chi connectivity index (χ4v) is 2.51. The number of carbonyl (C=O) groups excluding carboxylic acids is 1. The number of carbonyl (C=O) groups is 1. The summed E-state index contributed by atoms with van der Waals surface area (Å²) in [5.41, 5.74) is 1.12. The molecule has 3 rings (SSSR count). The van der Waals surface area contributed by atoms with Gasteiger partial charge in [-0.3, -0.25) is 9.30 Å². The molecular weight excluding hydrogens is 272 g/mol. The maximum atomic E-state index is 11.9. The van der Waals surface area contributed by atoms with Crippen molar-refractivity contribution in [3.63, 3.8) is 0 Å². The van der Waals surface area contributed by atoms with Gasteiger partial charge in [-0.25, -0.2) is 4.79 Å². The summed E-state index contributed by atoms with van der Waals surface area (Å²) in [4.78, 5) is 14.2. The molecule has 112 valence electrons. The molecule has 1 saturated heterocycles. The fourth-order valence-electron chi connectivity index (χ4n) is 2.51. The zero-order valence-electron chi connectivity index (χ0n) is 12.0. The Bertz CT molecular complexity index is 634. The minimum absolute atomic E-state index is 0.381. The Kier molecular flexibility index (Phi) is 4.12. The van der Waals surface area contributed by atoms with Crippen LogP contribution in [0.15, 0.2) is 18.2 Å². The van der Waals surface area contributed by atoms with Gasteiger partial charge in [0, 0.05) is 26.1 Å². The molecule has 0 unspecified atom stereocenters. The second kappa shape index (κ2) is 6.19. The highest BCUT2D eigenvalue weighted by atomic mass is 16.5. The summed E-state index contributed by atoms with van der Waals surface area (Å²) in [5.74, 6) is 0.394. The van der Waals surface area contributed by atoms with Gasteiger partial charge in [0.2, 0.25) is 0 Å². The van der Waals surface area contributed by atoms with Gasteiger partial charge in [-0.05, 0) is 12.1 Å². The summed E-state index contributed by atoms with van der Waals surface area (Å²) in [6.45, 7) is 4.28. The Morgan fingerprint density at radius 3 is 2.90 bits per heavy atom. The highest BCUT2D eigenvalue weighted by Crippen LogP contribution is 2.11. The average Bonchev–Trinajstić information content (AvgIpc) is 2.96. The summed E-state index contributed by atoms with van der Waals surface area (Å²) in [6, 6.07) is 5.33. The smallest absolute Gasteiger partial charge is 0.355 e. The number of aromatic nitrogens is 3. The van der Waals surface area contributed by atoms with Crippen molar-refractivity contribution in [3.05, 3.63) is 29.7 Å². The van der Waals surface area contributed by atoms with Crippen LogP contribution < -0.4 is 0 Å². The van der Waals surface area contributed by atoms with E-state index in [2.05, 4.69) is 15.1 Å². The van der Waals surface area contributed by atoms with Gasteiger partial charge in [0.05, 0.1) is 20.3 Å². The van der Waals surface area contributed by atoms with Crippen LogP contribution in [0.25, 0.3) is 5.65 Å². The first-order valence-electron chi connectivity index (χ1n) is 7.01. The standard InChI is InChI=1S/C14H18N4O3/c1-20-14(19)11-3-2-4-12-15-16-13(18(11)12)5-6-17-7-9-21-10-8-17/h2-4H,5-10H2,1H3. The number of pyridine rings is 1. The summed E-state index contributed by atoms with van der Waals surface area (Å²) in [6.07, 6.45) is 0.731. The molecule has 2 aromatic heterocycles. The van der Waals surface area contributed by atoms with Gasteiger partial charge in [-0.2, -0.15) is 0 Å². The van der Waals surface area contributed by atoms with Crippen molar-refractivity contribution >= 4 is 11.6 Å². The first-order valence-corrected chi connectivity index (χ1v) is 7.01. The minimum atomic E-state index is -0.381. The molecule has 0 atom stereocenters. The number of nitrogens with zero attached hydrogens (tertiary/aromatic N) is 4. The van der Waals surface area contributed by atoms with E-state index in [1.807, 2.05) is 6.07 Å². The van der Waals surface area contributed by atoms with Gasteiger partial charge >= 0.3 is 5.97 Å². The van der Waals surface area contributed by atoms with Crippen molar-refractivity contribution in [2.45, 2.75) is 6.42 Å². The number of methoxy groups -OCH3 is 1. The SMILES string of the molecule is COC(=O)c1cccc2nnc(CCN3CCOCC3)n12. The Morgan fingerprint density at radius 2 is 2.14 bits per heavy atom. The maximum absolute atomic E-state index is 11.9. The van der Waals surface area contributed by atoms with Crippen molar-refractivity contribution in [1.29, 1.82) is 0 Å². The monoisotopic (exact) mass is 290 g/mol. The molecule has 0 radical (unpaired) electrons. The van der Waals surface area contributed by atoms with Crippen LogP contribution in [0.3, 0.4) is 0 Å². The molecule has 3 heterocycles. The maximum Gasteiger partial charge on any atom is 0.355 e. The van der Waals surface area contributed by atoms with Crippen LogP contribution in [0.1, 0.15) is 16.3 Å². The van der Waals surface area contributed by atoms with Gasteiger partial charge in [0.1, 0.15) is 11.5 Å². The second-order valence-electron chi connectivity index (χ2n) is 4.92. The molecule has 1 aliphatic rings. The van der Waals surface area contributed by atoms with Gasteiger partial charge < -0.3 is 9.47 Å². The minimum Gasteiger partial charge on any atom is -0.464 e. The summed E-state index contributed by atoms with van der Waals surface area (Å²) < 4.78 is 11.9. The van der Waals surface area contributed by atoms with E-state index in [0.29, 0.717) is 11.3 Å². The zero-order chi connectivity index (χ0) is 14.7. The normalized spacial score (nSPS) is 16.2. The van der Waals surface area contributed by atoms with E-state index in [1.54, 1.807) is 16.5 Å². The molecule has 2 aromatic rings. The molecule has 0 bridgehead atoms. The van der Waals surface area contributed by atoms with E-state index in [1.165, 1.54) is 7.11 Å². The molecule has 7 heteroatoms. The van der Waals surface area contributed by atoms with E-state index < -0.39 is 0 Å². The van der Waals surface area contributed by atoms with Crippen molar-refractivity contribution in [1.82, 2.24) is 19.5 Å². The average molecular weight is 290 g/mol. The summed E-state index contributed by atoms with van der Waals surface area (Å²) >= 11 is 0. The highest BCUT2D eigenvalue weighted by molar-refractivity contribution is 5.88. The van der Waals surface area contributed by atoms with E-state index in [-0.39, 0.29) is 5.97 Å². The van der Waals surface area contributed by atoms with Crippen LogP contribution in [-0.4, -0.2) is 65.4 Å². The zero-order valence-corrected chi connectivity index (χ0v) is 12.0. The predicted molar refractivity (Wildman–Crippen MR) is 75.3 cm³/mol. The van der Waals surface area contributed by atoms with Gasteiger partial charge in [-0.15, -0.1) is 10.2 Å². The van der Waals surface area contributed by atoms with Crippen molar-refractivity contribution < 1.29 is 14.3 Å². The third-order valence-corrected chi connectivity index (χ3v) is 3.65. The van der Waals surface area contributed by atoms with Gasteiger partial charge in [-0.1, -0.05) is 6.07 Å². The Balaban J connectivity index is 1.83. The van der Waals surface area contributed by atoms with Crippen LogP contribution in [0.5, 0.6) is 0 Å². The van der Waals surface area contributed by atoms with Crippen LogP contribution >= 0.6 is 0 Å². The molecular formula is C14H18N4O3. The van der Waals surface area contributed by atoms with Crippen molar-refractivity contribution in [2.24, 2.45) is 0 Å². The van der Waals surface area contributed by atoms with E-state index in [0.717, 1.165) is 45.1 Å². The van der Waals surface area contributed by atoms with E-state index >= 15 is 0 Å². The van der Waals surface area contributed by atoms with Gasteiger partial charge in [0.25, 0.3) is 0 Å². The number of hydrogen-bond donors (Lipinski definition) is 0. The summed E-state index contributed by atoms with van der Waals surface area (Å²) in [5, 5.41) is 8.33. The number of esters is 1. The molecule has 21 heavy (non-hydrogen) atoms. The molecule has 0 N–H and O–H groups in total. The van der Waals surface area contributed by atoms with Gasteiger partial charge in [0.15, 0.2) is 5.65 Å². The van der Waals surface area contributed by atoms with E-state index in [4.69, 9.17) is 9.47 Å². The van der Waals surface area contributed by atoms with E-state index in [9.17, 15) is 4.79 Å². The largest absolute Gasteiger partial charge is 0.464 e. The second-order valence-corrected chi connectivity index (χ2v) is 4.92. The number of fused-ring (bicyclic) bond motifs is 1. The predicted octanol–water partition coefficient (Wildman–Crippen LogP) is 0.391. The third kappa shape index (κ3) is 2.88. The quantitative estimate of drug-likeness (QED) is 0.759. The number of hydrogen-bond acceptors (Lipinski definition) is 6. The molecule has 1 aliphatic heterocycles. The lowest BCUT2D eigenvalue weighted by Gasteiger charge is -2.26. The lowest BCUT2D eigenvalue weighted by Crippen LogP contribution is -2.37.